The van der Waals surface area contributed by atoms with E-state index in [2.05, 4.69) is 10.3 Å². The van der Waals surface area contributed by atoms with Crippen LogP contribution in [0.2, 0.25) is 0 Å². The molecule has 1 amide bonds. The molecule has 8 heteroatoms. The maximum absolute atomic E-state index is 12.1. The Morgan fingerprint density at radius 3 is 2.76 bits per heavy atom. The smallest absolute Gasteiger partial charge is 0.338 e. The Hall–Kier alpha value is -2.87. The van der Waals surface area contributed by atoms with Gasteiger partial charge in [0.05, 0.1) is 23.5 Å². The van der Waals surface area contributed by atoms with E-state index < -0.39 is 11.9 Å². The van der Waals surface area contributed by atoms with Crippen LogP contribution < -0.4 is 5.32 Å². The summed E-state index contributed by atoms with van der Waals surface area (Å²) in [5, 5.41) is 12.0. The van der Waals surface area contributed by atoms with Gasteiger partial charge in [-0.1, -0.05) is 17.8 Å². The molecule has 0 radical (unpaired) electrons. The predicted molar refractivity (Wildman–Crippen MR) is 92.9 cm³/mol. The Kier molecular flexibility index (Phi) is 6.53. The number of pyridine rings is 1. The number of nitrogens with one attached hydrogen (secondary N) is 1. The lowest BCUT2D eigenvalue weighted by atomic mass is 10.2. The van der Waals surface area contributed by atoms with Crippen molar-refractivity contribution in [3.63, 3.8) is 0 Å². The van der Waals surface area contributed by atoms with Crippen LogP contribution in [0.4, 0.5) is 5.69 Å². The molecule has 0 atom stereocenters. The molecule has 1 heterocycles. The normalized spacial score (nSPS) is 10.1. The molecule has 0 aliphatic rings. The lowest BCUT2D eigenvalue weighted by Gasteiger charge is -2.08. The second-order valence-corrected chi connectivity index (χ2v) is 5.76. The number of hydrogen-bond acceptors (Lipinski definition) is 6. The van der Waals surface area contributed by atoms with Crippen LogP contribution in [0.15, 0.2) is 47.6 Å². The van der Waals surface area contributed by atoms with Gasteiger partial charge in [0, 0.05) is 11.9 Å². The number of rotatable bonds is 7. The highest BCUT2D eigenvalue weighted by atomic mass is 32.2. The lowest BCUT2D eigenvalue weighted by Crippen LogP contribution is -2.15. The number of carboxylic acid groups (broad SMARTS) is 1. The zero-order valence-corrected chi connectivity index (χ0v) is 14.2. The minimum Gasteiger partial charge on any atom is -0.478 e. The highest BCUT2D eigenvalue weighted by Crippen LogP contribution is 2.20. The van der Waals surface area contributed by atoms with Gasteiger partial charge in [0.1, 0.15) is 5.03 Å². The maximum atomic E-state index is 12.1. The second kappa shape index (κ2) is 8.84. The van der Waals surface area contributed by atoms with Crippen molar-refractivity contribution in [2.24, 2.45) is 0 Å². The molecule has 0 bridgehead atoms. The fourth-order valence-electron chi connectivity index (χ4n) is 1.94. The summed E-state index contributed by atoms with van der Waals surface area (Å²) < 4.78 is 4.91. The minimum absolute atomic E-state index is 0.0130. The SMILES string of the molecule is CCOC(=O)c1cccc(NC(=O)CSc2ncccc2C(=O)O)c1. The van der Waals surface area contributed by atoms with Gasteiger partial charge in [-0.2, -0.15) is 0 Å². The van der Waals surface area contributed by atoms with E-state index in [0.717, 1.165) is 11.8 Å². The first kappa shape index (κ1) is 18.5. The minimum atomic E-state index is -1.10. The molecular weight excluding hydrogens is 344 g/mol. The summed E-state index contributed by atoms with van der Waals surface area (Å²) in [5.41, 5.74) is 0.838. The number of carboxylic acids is 1. The summed E-state index contributed by atoms with van der Waals surface area (Å²) in [7, 11) is 0. The zero-order chi connectivity index (χ0) is 18.2. The monoisotopic (exact) mass is 360 g/mol. The van der Waals surface area contributed by atoms with Crippen LogP contribution in [0, 0.1) is 0 Å². The molecule has 0 saturated carbocycles. The third-order valence-corrected chi connectivity index (χ3v) is 4.00. The molecular formula is C17H16N2O5S. The highest BCUT2D eigenvalue weighted by molar-refractivity contribution is 8.00. The third kappa shape index (κ3) is 5.32. The zero-order valence-electron chi connectivity index (χ0n) is 13.4. The summed E-state index contributed by atoms with van der Waals surface area (Å²) in [5.74, 6) is -1.92. The number of thioether (sulfide) groups is 1. The van der Waals surface area contributed by atoms with Crippen molar-refractivity contribution in [3.05, 3.63) is 53.7 Å². The van der Waals surface area contributed by atoms with Crippen molar-refractivity contribution in [2.45, 2.75) is 11.9 Å². The Morgan fingerprint density at radius 1 is 1.24 bits per heavy atom. The van der Waals surface area contributed by atoms with Crippen LogP contribution in [0.1, 0.15) is 27.6 Å². The molecule has 2 rings (SSSR count). The van der Waals surface area contributed by atoms with Gasteiger partial charge in [-0.05, 0) is 37.3 Å². The lowest BCUT2D eigenvalue weighted by molar-refractivity contribution is -0.113. The van der Waals surface area contributed by atoms with Gasteiger partial charge in [0.2, 0.25) is 5.91 Å². The van der Waals surface area contributed by atoms with E-state index >= 15 is 0 Å². The second-order valence-electron chi connectivity index (χ2n) is 4.80. The molecule has 25 heavy (non-hydrogen) atoms. The summed E-state index contributed by atoms with van der Waals surface area (Å²) in [6, 6.07) is 9.34. The molecule has 0 aliphatic carbocycles. The van der Waals surface area contributed by atoms with E-state index in [4.69, 9.17) is 9.84 Å². The summed E-state index contributed by atoms with van der Waals surface area (Å²) in [6.07, 6.45) is 1.47. The molecule has 0 unspecified atom stereocenters. The Labute approximate surface area is 148 Å². The van der Waals surface area contributed by atoms with Crippen LogP contribution in [-0.4, -0.2) is 40.3 Å². The van der Waals surface area contributed by atoms with E-state index in [1.165, 1.54) is 24.4 Å². The number of ether oxygens (including phenoxy) is 1. The topological polar surface area (TPSA) is 106 Å². The van der Waals surface area contributed by atoms with Crippen LogP contribution in [0.25, 0.3) is 0 Å². The molecule has 7 nitrogen and oxygen atoms in total. The first-order valence-electron chi connectivity index (χ1n) is 7.39. The Morgan fingerprint density at radius 2 is 2.04 bits per heavy atom. The molecule has 0 saturated heterocycles. The van der Waals surface area contributed by atoms with E-state index in [-0.39, 0.29) is 28.9 Å². The number of aromatic carboxylic acids is 1. The number of amides is 1. The number of carbonyl (C=O) groups excluding carboxylic acids is 2. The highest BCUT2D eigenvalue weighted by Gasteiger charge is 2.13. The number of aromatic nitrogens is 1. The predicted octanol–water partition coefficient (Wildman–Crippen LogP) is 2.69. The molecule has 130 valence electrons. The number of benzene rings is 1. The summed E-state index contributed by atoms with van der Waals surface area (Å²) >= 11 is 1.03. The number of hydrogen-bond donors (Lipinski definition) is 2. The molecule has 0 aliphatic heterocycles. The first-order valence-corrected chi connectivity index (χ1v) is 8.38. The molecule has 0 fully saturated rings. The van der Waals surface area contributed by atoms with E-state index in [0.29, 0.717) is 11.3 Å². The van der Waals surface area contributed by atoms with Crippen molar-refractivity contribution in [3.8, 4) is 0 Å². The van der Waals surface area contributed by atoms with Gasteiger partial charge in [0.25, 0.3) is 0 Å². The van der Waals surface area contributed by atoms with Gasteiger partial charge in [-0.25, -0.2) is 14.6 Å². The number of nitrogens with zero attached hydrogens (tertiary/aromatic N) is 1. The fraction of sp³-hybridized carbons (Fsp3) is 0.176. The molecule has 1 aromatic heterocycles. The average Bonchev–Trinajstić information content (AvgIpc) is 2.60. The molecule has 1 aromatic carbocycles. The van der Waals surface area contributed by atoms with Gasteiger partial charge in [-0.3, -0.25) is 4.79 Å². The van der Waals surface area contributed by atoms with Crippen molar-refractivity contribution in [1.29, 1.82) is 0 Å². The van der Waals surface area contributed by atoms with Gasteiger partial charge in [0.15, 0.2) is 0 Å². The molecule has 2 aromatic rings. The molecule has 0 spiro atoms. The van der Waals surface area contributed by atoms with Crippen molar-refractivity contribution in [2.75, 3.05) is 17.7 Å². The number of anilines is 1. The standard InChI is InChI=1S/C17H16N2O5S/c1-2-24-17(23)11-5-3-6-12(9-11)19-14(20)10-25-15-13(16(21)22)7-4-8-18-15/h3-9H,2,10H2,1H3,(H,19,20)(H,21,22). The van der Waals surface area contributed by atoms with E-state index in [1.807, 2.05) is 0 Å². The van der Waals surface area contributed by atoms with E-state index in [9.17, 15) is 14.4 Å². The summed E-state index contributed by atoms with van der Waals surface area (Å²) in [6.45, 7) is 1.98. The van der Waals surface area contributed by atoms with Gasteiger partial charge in [-0.15, -0.1) is 0 Å². The number of esters is 1. The van der Waals surface area contributed by atoms with E-state index in [1.54, 1.807) is 25.1 Å². The average molecular weight is 360 g/mol. The molecule has 2 N–H and O–H groups in total. The summed E-state index contributed by atoms with van der Waals surface area (Å²) in [4.78, 5) is 38.8. The van der Waals surface area contributed by atoms with Gasteiger partial charge < -0.3 is 15.2 Å². The van der Waals surface area contributed by atoms with Gasteiger partial charge >= 0.3 is 11.9 Å². The van der Waals surface area contributed by atoms with Crippen LogP contribution in [-0.2, 0) is 9.53 Å². The Balaban J connectivity index is 1.98. The largest absolute Gasteiger partial charge is 0.478 e. The van der Waals surface area contributed by atoms with Crippen LogP contribution >= 0.6 is 11.8 Å². The van der Waals surface area contributed by atoms with Crippen LogP contribution in [0.5, 0.6) is 0 Å². The first-order chi connectivity index (χ1) is 12.0. The van der Waals surface area contributed by atoms with Crippen LogP contribution in [0.3, 0.4) is 0 Å². The van der Waals surface area contributed by atoms with Crippen molar-refractivity contribution >= 4 is 35.3 Å². The van der Waals surface area contributed by atoms with Crippen molar-refractivity contribution in [1.82, 2.24) is 4.98 Å². The number of carbonyl (C=O) groups is 3. The quantitative estimate of drug-likeness (QED) is 0.577. The Bertz CT molecular complexity index is 794. The maximum Gasteiger partial charge on any atom is 0.338 e. The fourth-order valence-corrected chi connectivity index (χ4v) is 2.72. The third-order valence-electron chi connectivity index (χ3n) is 3.00. The van der Waals surface area contributed by atoms with Crippen molar-refractivity contribution < 1.29 is 24.2 Å².